The topological polar surface area (TPSA) is 18.5 Å². The highest BCUT2D eigenvalue weighted by atomic mass is 19.4. The molecule has 124 valence electrons. The Labute approximate surface area is 105 Å². The highest BCUT2D eigenvalue weighted by Gasteiger charge is 2.90. The van der Waals surface area contributed by atoms with Gasteiger partial charge in [0, 0.05) is 0 Å². The molecule has 0 saturated heterocycles. The molecule has 0 spiro atoms. The average Bonchev–Trinajstić information content (AvgIpc) is 2.52. The third-order valence-electron chi connectivity index (χ3n) is 2.12. The molecule has 0 amide bonds. The zero-order chi connectivity index (χ0) is 17.1. The Morgan fingerprint density at radius 2 is 1.00 bits per heavy atom. The molecule has 0 bridgehead atoms. The fourth-order valence-corrected chi connectivity index (χ4v) is 1.02. The van der Waals surface area contributed by atoms with Gasteiger partial charge in [0.15, 0.2) is 0 Å². The van der Waals surface area contributed by atoms with Crippen LogP contribution in [0.2, 0.25) is 0 Å². The lowest BCUT2D eigenvalue weighted by Crippen LogP contribution is -2.67. The van der Waals surface area contributed by atoms with Crippen molar-refractivity contribution in [3.8, 4) is 0 Å². The van der Waals surface area contributed by atoms with Gasteiger partial charge in [0.2, 0.25) is 0 Å². The van der Waals surface area contributed by atoms with Crippen LogP contribution >= 0.6 is 0 Å². The molecule has 0 aromatic rings. The molecule has 1 aliphatic heterocycles. The summed E-state index contributed by atoms with van der Waals surface area (Å²) in [6, 6.07) is -11.9. The smallest absolute Gasteiger partial charge is 0.390 e. The van der Waals surface area contributed by atoms with Gasteiger partial charge < -0.3 is 9.47 Å². The molecule has 0 radical (unpaired) electrons. The summed E-state index contributed by atoms with van der Waals surface area (Å²) in [4.78, 5) is 0. The van der Waals surface area contributed by atoms with Crippen molar-refractivity contribution >= 4 is 0 Å². The summed E-state index contributed by atoms with van der Waals surface area (Å²) in [5, 5.41) is 0. The zero-order valence-corrected chi connectivity index (χ0v) is 8.85. The molecular weight excluding hydrogens is 344 g/mol. The minimum absolute atomic E-state index is 2.54. The SMILES string of the molecule is FC1=C(F)OC(F)(C(F)(F)C(F)(F)C(F)(F)C(F)(F)F)O1. The number of ether oxygens (including phenoxy) is 2. The minimum Gasteiger partial charge on any atom is -0.390 e. The summed E-state index contributed by atoms with van der Waals surface area (Å²) in [6.45, 7) is 0. The molecule has 1 rings (SSSR count). The summed E-state index contributed by atoms with van der Waals surface area (Å²) in [6.07, 6.45) is -7.24. The van der Waals surface area contributed by atoms with E-state index in [1.54, 1.807) is 0 Å². The second-order valence-electron chi connectivity index (χ2n) is 3.51. The van der Waals surface area contributed by atoms with Gasteiger partial charge in [-0.3, -0.25) is 0 Å². The predicted molar refractivity (Wildman–Crippen MR) is 36.1 cm³/mol. The van der Waals surface area contributed by atoms with E-state index in [2.05, 4.69) is 9.47 Å². The van der Waals surface area contributed by atoms with Crippen LogP contribution in [0.25, 0.3) is 0 Å². The normalized spacial score (nSPS) is 20.4. The van der Waals surface area contributed by atoms with E-state index in [-0.39, 0.29) is 0 Å². The summed E-state index contributed by atoms with van der Waals surface area (Å²) < 4.78 is 154. The molecule has 1 aliphatic rings. The second kappa shape index (κ2) is 4.25. The lowest BCUT2D eigenvalue weighted by Gasteiger charge is -2.36. The van der Waals surface area contributed by atoms with Crippen molar-refractivity contribution in [3.05, 3.63) is 12.0 Å². The highest BCUT2D eigenvalue weighted by molar-refractivity contribution is 5.08. The monoisotopic (exact) mass is 344 g/mol. The molecule has 0 atom stereocenters. The Morgan fingerprint density at radius 1 is 0.667 bits per heavy atom. The van der Waals surface area contributed by atoms with Crippen LogP contribution in [0.5, 0.6) is 0 Å². The van der Waals surface area contributed by atoms with E-state index in [0.717, 1.165) is 0 Å². The van der Waals surface area contributed by atoms with Crippen LogP contribution < -0.4 is 0 Å². The maximum absolute atomic E-state index is 13.1. The highest BCUT2D eigenvalue weighted by Crippen LogP contribution is 2.59. The molecule has 0 aromatic carbocycles. The molecule has 0 unspecified atom stereocenters. The first kappa shape index (κ1) is 17.6. The lowest BCUT2D eigenvalue weighted by molar-refractivity contribution is -0.463. The Balaban J connectivity index is 3.30. The minimum atomic E-state index is -7.50. The largest absolute Gasteiger partial charge is 0.485 e. The van der Waals surface area contributed by atoms with Gasteiger partial charge >= 0.3 is 42.0 Å². The molecule has 14 heteroatoms. The summed E-state index contributed by atoms with van der Waals surface area (Å²) in [7, 11) is 0. The quantitative estimate of drug-likeness (QED) is 0.715. The lowest BCUT2D eigenvalue weighted by atomic mass is 10.0. The molecule has 0 aromatic heterocycles. The fourth-order valence-electron chi connectivity index (χ4n) is 1.02. The van der Waals surface area contributed by atoms with E-state index < -0.39 is 42.0 Å². The van der Waals surface area contributed by atoms with Gasteiger partial charge in [-0.05, 0) is 0 Å². The van der Waals surface area contributed by atoms with Gasteiger partial charge in [0.25, 0.3) is 0 Å². The van der Waals surface area contributed by atoms with Crippen LogP contribution in [0.3, 0.4) is 0 Å². The van der Waals surface area contributed by atoms with Gasteiger partial charge in [-0.25, -0.2) is 0 Å². The fraction of sp³-hybridized carbons (Fsp3) is 0.714. The van der Waals surface area contributed by atoms with Crippen LogP contribution in [0.4, 0.5) is 52.7 Å². The predicted octanol–water partition coefficient (Wildman–Crippen LogP) is 4.19. The van der Waals surface area contributed by atoms with E-state index in [9.17, 15) is 52.7 Å². The van der Waals surface area contributed by atoms with Gasteiger partial charge in [0.05, 0.1) is 0 Å². The third-order valence-corrected chi connectivity index (χ3v) is 2.12. The molecular formula is C7F12O2. The van der Waals surface area contributed by atoms with E-state index in [1.165, 1.54) is 0 Å². The number of hydrogen-bond donors (Lipinski definition) is 0. The average molecular weight is 344 g/mol. The summed E-state index contributed by atoms with van der Waals surface area (Å²) >= 11 is 0. The van der Waals surface area contributed by atoms with Crippen LogP contribution in [0, 0.1) is 0 Å². The number of rotatable bonds is 3. The Kier molecular flexibility index (Phi) is 3.55. The molecule has 0 aliphatic carbocycles. The molecule has 21 heavy (non-hydrogen) atoms. The number of alkyl halides is 10. The van der Waals surface area contributed by atoms with Crippen molar-refractivity contribution in [2.24, 2.45) is 0 Å². The molecule has 1 heterocycles. The molecule has 2 nitrogen and oxygen atoms in total. The van der Waals surface area contributed by atoms with E-state index >= 15 is 0 Å². The van der Waals surface area contributed by atoms with Crippen LogP contribution in [0.1, 0.15) is 0 Å². The maximum Gasteiger partial charge on any atom is 0.485 e. The summed E-state index contributed by atoms with van der Waals surface area (Å²) in [5.74, 6) is -22.1. The van der Waals surface area contributed by atoms with E-state index in [4.69, 9.17) is 0 Å². The zero-order valence-electron chi connectivity index (χ0n) is 8.85. The van der Waals surface area contributed by atoms with Crippen LogP contribution in [-0.4, -0.2) is 30.0 Å². The van der Waals surface area contributed by atoms with Crippen LogP contribution in [0.15, 0.2) is 12.0 Å². The third kappa shape index (κ3) is 2.14. The van der Waals surface area contributed by atoms with Crippen molar-refractivity contribution in [2.45, 2.75) is 30.0 Å². The number of halogens is 12. The van der Waals surface area contributed by atoms with Crippen molar-refractivity contribution in [3.63, 3.8) is 0 Å². The standard InChI is InChI=1S/C7F12O2/c8-1-2(9)21-7(19,20-1)5(14,15)3(10,11)4(12,13)6(16,17)18. The van der Waals surface area contributed by atoms with Crippen molar-refractivity contribution in [1.29, 1.82) is 0 Å². The summed E-state index contributed by atoms with van der Waals surface area (Å²) in [5.41, 5.74) is 0. The second-order valence-corrected chi connectivity index (χ2v) is 3.51. The van der Waals surface area contributed by atoms with Gasteiger partial charge in [-0.15, -0.1) is 0 Å². The van der Waals surface area contributed by atoms with Crippen LogP contribution in [-0.2, 0) is 9.47 Å². The molecule has 0 saturated carbocycles. The molecule has 0 fully saturated rings. The van der Waals surface area contributed by atoms with E-state index in [0.29, 0.717) is 0 Å². The van der Waals surface area contributed by atoms with Crippen molar-refractivity contribution in [2.75, 3.05) is 0 Å². The number of hydrogen-bond acceptors (Lipinski definition) is 2. The Bertz CT molecular complexity index is 449. The van der Waals surface area contributed by atoms with Gasteiger partial charge in [0.1, 0.15) is 0 Å². The van der Waals surface area contributed by atoms with Gasteiger partial charge in [-0.2, -0.15) is 52.7 Å². The van der Waals surface area contributed by atoms with Crippen molar-refractivity contribution in [1.82, 2.24) is 0 Å². The first-order chi connectivity index (χ1) is 9.01. The first-order valence-corrected chi connectivity index (χ1v) is 4.33. The van der Waals surface area contributed by atoms with Crippen molar-refractivity contribution < 1.29 is 62.2 Å². The van der Waals surface area contributed by atoms with Gasteiger partial charge in [-0.1, -0.05) is 0 Å². The Morgan fingerprint density at radius 3 is 1.29 bits per heavy atom. The first-order valence-electron chi connectivity index (χ1n) is 4.33. The Hall–Kier alpha value is -1.50. The molecule has 0 N–H and O–H groups in total. The van der Waals surface area contributed by atoms with E-state index in [1.807, 2.05) is 0 Å². The maximum atomic E-state index is 13.1.